The molecular weight excluding hydrogens is 1790 g/mol. The zero-order chi connectivity index (χ0) is 103. The van der Waals surface area contributed by atoms with E-state index < -0.39 is 0 Å². The van der Waals surface area contributed by atoms with E-state index in [-0.39, 0.29) is 0 Å². The van der Waals surface area contributed by atoms with Crippen molar-refractivity contribution in [1.82, 2.24) is 29.9 Å². The van der Waals surface area contributed by atoms with Gasteiger partial charge in [-0.1, -0.05) is 484 Å². The Hall–Kier alpha value is -18.4. The monoisotopic (exact) mass is 1910 g/mol. The standard InChI is InChI=1S/C19H16.3C17H14.6C12H11N/c1-15-7-9-17(10-8-15)19-13-11-18(12-14-19)16-5-3-2-4-6-16;1-13-7-5-12-17-15(13)10-6-11-16(17)14-8-3-2-4-9-14;1-13-11-12-16(14-7-3-2-4-8-14)17-10-6-5-9-15(13)17;1-13-7-8-17-12-16(10-9-15(17)11-13)14-5-3-2-4-6-14;1-10-6-5-9-12(13-10)11-7-3-2-4-8-11;1-10-7-12(9-13-8-10)11-5-3-2-4-6-11;1-10-9-12(7-8-13-10)11-5-3-2-4-6-11;1-10-7-8-12(9-13-10)11-5-3-2-4-6-11;1-10-7-8-13-12(9-10)11-5-3-2-4-6-11;1-10-7-8-12(13-9-10)11-5-3-2-4-6-11/h2-14H,1H3;3*2-12H,1H3;6*2-9H,1H3. The molecule has 0 saturated heterocycles. The van der Waals surface area contributed by atoms with Crippen LogP contribution in [0.25, 0.3) is 155 Å². The summed E-state index contributed by atoms with van der Waals surface area (Å²) in [6, 6.07) is 185. The van der Waals surface area contributed by atoms with Crippen molar-refractivity contribution in [2.24, 2.45) is 0 Å². The van der Waals surface area contributed by atoms with Crippen LogP contribution in [-0.2, 0) is 0 Å². The van der Waals surface area contributed by atoms with E-state index in [1.54, 1.807) is 0 Å². The summed E-state index contributed by atoms with van der Waals surface area (Å²) in [4.78, 5) is 25.7. The number of hydrogen-bond acceptors (Lipinski definition) is 6. The van der Waals surface area contributed by atoms with Gasteiger partial charge in [0.15, 0.2) is 0 Å². The first-order valence-corrected chi connectivity index (χ1v) is 50.3. The van der Waals surface area contributed by atoms with E-state index >= 15 is 0 Å². The van der Waals surface area contributed by atoms with Crippen LogP contribution in [0.2, 0.25) is 0 Å². The lowest BCUT2D eigenvalue weighted by atomic mass is 9.96. The molecule has 18 aromatic carbocycles. The maximum Gasteiger partial charge on any atom is 0.0705 e. The van der Waals surface area contributed by atoms with Crippen molar-refractivity contribution in [3.05, 3.63) is 627 Å². The summed E-state index contributed by atoms with van der Waals surface area (Å²) >= 11 is 0. The lowest BCUT2D eigenvalue weighted by Crippen LogP contribution is -1.84. The average molecular weight is 1910 g/mol. The van der Waals surface area contributed by atoms with Gasteiger partial charge in [-0.3, -0.25) is 29.9 Å². The largest absolute Gasteiger partial charge is 0.264 e. The third-order valence-electron chi connectivity index (χ3n) is 24.9. The molecule has 0 spiro atoms. The molecule has 0 radical (unpaired) electrons. The number of fused-ring (bicyclic) bond motifs is 3. The Labute approximate surface area is 875 Å². The number of aromatic nitrogens is 6. The zero-order valence-corrected chi connectivity index (χ0v) is 86.0. The Morgan fingerprint density at radius 2 is 0.514 bits per heavy atom. The summed E-state index contributed by atoms with van der Waals surface area (Å²) in [6.45, 7) is 20.8. The molecule has 0 atom stereocenters. The highest BCUT2D eigenvalue weighted by Gasteiger charge is 2.10. The Morgan fingerprint density at radius 1 is 0.142 bits per heavy atom. The fourth-order valence-electron chi connectivity index (χ4n) is 16.9. The molecule has 6 aromatic heterocycles. The van der Waals surface area contributed by atoms with Crippen LogP contribution in [0, 0.1) is 69.2 Å². The number of rotatable bonds is 11. The molecule has 24 rings (SSSR count). The summed E-state index contributed by atoms with van der Waals surface area (Å²) < 4.78 is 0. The number of benzene rings is 18. The van der Waals surface area contributed by atoms with Crippen LogP contribution in [0.3, 0.4) is 0 Å². The number of aryl methyl sites for hydroxylation is 10. The average Bonchev–Trinajstić information content (AvgIpc) is 0.797. The molecule has 0 saturated carbocycles. The van der Waals surface area contributed by atoms with Crippen LogP contribution in [0.15, 0.2) is 571 Å². The summed E-state index contributed by atoms with van der Waals surface area (Å²) in [5.41, 5.74) is 38.8. The van der Waals surface area contributed by atoms with E-state index in [0.717, 1.165) is 34.2 Å². The number of nitrogens with zero attached hydrogens (tertiary/aromatic N) is 6. The predicted molar refractivity (Wildman–Crippen MR) is 631 cm³/mol. The van der Waals surface area contributed by atoms with Crippen molar-refractivity contribution in [2.75, 3.05) is 0 Å². The molecule has 0 fully saturated rings. The van der Waals surface area contributed by atoms with E-state index in [9.17, 15) is 0 Å². The molecule has 0 aliphatic heterocycles. The fourth-order valence-corrected chi connectivity index (χ4v) is 16.9. The molecule has 0 amide bonds. The highest BCUT2D eigenvalue weighted by molar-refractivity contribution is 6.00. The summed E-state index contributed by atoms with van der Waals surface area (Å²) in [5, 5.41) is 7.96. The first-order valence-electron chi connectivity index (χ1n) is 50.3. The van der Waals surface area contributed by atoms with Crippen molar-refractivity contribution in [1.29, 1.82) is 0 Å². The van der Waals surface area contributed by atoms with E-state index in [2.05, 4.69) is 441 Å². The molecule has 6 heterocycles. The Morgan fingerprint density at radius 3 is 1.01 bits per heavy atom. The third-order valence-corrected chi connectivity index (χ3v) is 24.9. The van der Waals surface area contributed by atoms with Crippen molar-refractivity contribution < 1.29 is 0 Å². The van der Waals surface area contributed by atoms with Crippen LogP contribution < -0.4 is 0 Å². The normalized spacial score (nSPS) is 10.2. The van der Waals surface area contributed by atoms with Gasteiger partial charge in [0, 0.05) is 82.1 Å². The predicted octanol–water partition coefficient (Wildman–Crippen LogP) is 38.1. The van der Waals surface area contributed by atoms with Crippen LogP contribution in [0.5, 0.6) is 0 Å². The van der Waals surface area contributed by atoms with Gasteiger partial charge in [0.05, 0.1) is 17.1 Å². The molecule has 722 valence electrons. The van der Waals surface area contributed by atoms with E-state index in [4.69, 9.17) is 0 Å². The van der Waals surface area contributed by atoms with Gasteiger partial charge in [0.1, 0.15) is 0 Å². The maximum absolute atomic E-state index is 4.44. The minimum Gasteiger partial charge on any atom is -0.264 e. The molecule has 6 nitrogen and oxygen atoms in total. The van der Waals surface area contributed by atoms with Gasteiger partial charge in [-0.15, -0.1) is 0 Å². The molecule has 0 bridgehead atoms. The molecule has 24 aromatic rings. The van der Waals surface area contributed by atoms with Gasteiger partial charge < -0.3 is 0 Å². The Kier molecular flexibility index (Phi) is 38.5. The molecule has 0 N–H and O–H groups in total. The van der Waals surface area contributed by atoms with Gasteiger partial charge in [0.25, 0.3) is 0 Å². The van der Waals surface area contributed by atoms with Crippen molar-refractivity contribution in [3.8, 4) is 123 Å². The summed E-state index contributed by atoms with van der Waals surface area (Å²) in [7, 11) is 0. The van der Waals surface area contributed by atoms with Gasteiger partial charge >= 0.3 is 0 Å². The lowest BCUT2D eigenvalue weighted by molar-refractivity contribution is 1.20. The van der Waals surface area contributed by atoms with Crippen LogP contribution in [0.1, 0.15) is 56.0 Å². The van der Waals surface area contributed by atoms with Gasteiger partial charge in [-0.2, -0.15) is 0 Å². The highest BCUT2D eigenvalue weighted by atomic mass is 14.7. The van der Waals surface area contributed by atoms with Crippen LogP contribution >= 0.6 is 0 Å². The molecule has 0 unspecified atom stereocenters. The Bertz CT molecular complexity index is 7650. The van der Waals surface area contributed by atoms with Crippen LogP contribution in [0.4, 0.5) is 0 Å². The molecule has 0 aliphatic rings. The van der Waals surface area contributed by atoms with E-state index in [1.165, 1.54) is 177 Å². The quantitative estimate of drug-likeness (QED) is 0.128. The SMILES string of the molecule is Cc1cc(-c2ccccc2)ccn1.Cc1ccc(-c2ccc(-c3ccccc3)cc2)cc1.Cc1ccc(-c2ccccc2)c2ccccc12.Cc1ccc(-c2ccccc2)cn1.Cc1ccc(-c2ccccc2)nc1.Cc1ccc2cc(-c3ccccc3)ccc2c1.Cc1cccc(-c2ccccc2)n1.Cc1cccc2c(-c3ccccc3)cccc12.Cc1ccnc(-c2ccccc2)c1.Cc1cncc(-c2ccccc2)c1. The van der Waals surface area contributed by atoms with Gasteiger partial charge in [-0.05, 0) is 268 Å². The molecular formula is C142H124N6. The molecule has 148 heavy (non-hydrogen) atoms. The second-order valence-corrected chi connectivity index (χ2v) is 36.3. The topological polar surface area (TPSA) is 77.3 Å². The van der Waals surface area contributed by atoms with Gasteiger partial charge in [0.2, 0.25) is 0 Å². The van der Waals surface area contributed by atoms with E-state index in [1.807, 2.05) is 229 Å². The summed E-state index contributed by atoms with van der Waals surface area (Å²) in [5.74, 6) is 0. The van der Waals surface area contributed by atoms with Crippen molar-refractivity contribution in [2.45, 2.75) is 69.2 Å². The minimum absolute atomic E-state index is 1.03. The number of hydrogen-bond donors (Lipinski definition) is 0. The molecule has 0 aliphatic carbocycles. The smallest absolute Gasteiger partial charge is 0.0705 e. The second-order valence-electron chi connectivity index (χ2n) is 36.3. The first-order chi connectivity index (χ1) is 72.5. The fraction of sp³-hybridized carbons (Fsp3) is 0.0704. The number of pyridine rings is 6. The minimum atomic E-state index is 1.03. The third kappa shape index (κ3) is 31.3. The Balaban J connectivity index is 0.000000124. The summed E-state index contributed by atoms with van der Waals surface area (Å²) in [6.07, 6.45) is 11.2. The van der Waals surface area contributed by atoms with Crippen LogP contribution in [-0.4, -0.2) is 29.9 Å². The second kappa shape index (κ2) is 54.8. The van der Waals surface area contributed by atoms with E-state index in [0.29, 0.717) is 0 Å². The van der Waals surface area contributed by atoms with Gasteiger partial charge in [-0.25, -0.2) is 0 Å². The first kappa shape index (κ1) is 104. The maximum atomic E-state index is 4.44. The van der Waals surface area contributed by atoms with Crippen molar-refractivity contribution >= 4 is 32.3 Å². The highest BCUT2D eigenvalue weighted by Crippen LogP contribution is 2.35. The van der Waals surface area contributed by atoms with Crippen molar-refractivity contribution in [3.63, 3.8) is 0 Å². The zero-order valence-electron chi connectivity index (χ0n) is 86.0. The lowest BCUT2D eigenvalue weighted by Gasteiger charge is -2.09. The molecule has 6 heteroatoms.